The van der Waals surface area contributed by atoms with Gasteiger partial charge in [0.2, 0.25) is 0 Å². The fraction of sp³-hybridized carbons (Fsp3) is 0.353. The third-order valence-electron chi connectivity index (χ3n) is 3.01. The second-order valence-corrected chi connectivity index (χ2v) is 4.15. The number of allylic oxidation sites excluding steroid dienone is 4. The van der Waals surface area contributed by atoms with Crippen LogP contribution in [0.5, 0.6) is 0 Å². The summed E-state index contributed by atoms with van der Waals surface area (Å²) in [5, 5.41) is 0. The highest BCUT2D eigenvalue weighted by Gasteiger charge is 2.13. The number of nitrogens with zero attached hydrogens (tertiary/aromatic N) is 2. The monoisotopic (exact) mass is 256 g/mol. The van der Waals surface area contributed by atoms with Gasteiger partial charge in [-0.2, -0.15) is 0 Å². The van der Waals surface area contributed by atoms with E-state index in [0.29, 0.717) is 0 Å². The molecule has 0 aromatic carbocycles. The molecule has 0 aliphatic heterocycles. The molecule has 0 fully saturated rings. The first-order chi connectivity index (χ1) is 9.27. The van der Waals surface area contributed by atoms with E-state index in [0.717, 1.165) is 30.1 Å². The van der Waals surface area contributed by atoms with Crippen molar-refractivity contribution >= 4 is 17.8 Å². The summed E-state index contributed by atoms with van der Waals surface area (Å²) in [5.41, 5.74) is 3.23. The van der Waals surface area contributed by atoms with Crippen LogP contribution in [0, 0.1) is 6.92 Å². The lowest BCUT2D eigenvalue weighted by Crippen LogP contribution is -2.01. The van der Waals surface area contributed by atoms with Crippen molar-refractivity contribution in [3.63, 3.8) is 0 Å². The molecule has 1 heterocycles. The van der Waals surface area contributed by atoms with Gasteiger partial charge in [0.1, 0.15) is 5.82 Å². The molecule has 2 rings (SSSR count). The summed E-state index contributed by atoms with van der Waals surface area (Å²) in [5.74, 6) is 0.997. The molecular formula is C17H24N2. The molecule has 0 radical (unpaired) electrons. The zero-order chi connectivity index (χ0) is 14.3. The molecule has 19 heavy (non-hydrogen) atoms. The number of hydrogen-bond acceptors (Lipinski definition) is 1. The van der Waals surface area contributed by atoms with Crippen molar-refractivity contribution in [1.29, 1.82) is 0 Å². The van der Waals surface area contributed by atoms with Gasteiger partial charge in [-0.05, 0) is 44.4 Å². The highest BCUT2D eigenvalue weighted by Crippen LogP contribution is 2.24. The summed E-state index contributed by atoms with van der Waals surface area (Å²) >= 11 is 0. The Morgan fingerprint density at radius 2 is 2.00 bits per heavy atom. The average Bonchev–Trinajstić information content (AvgIpc) is 2.62. The first kappa shape index (κ1) is 15.2. The molecule has 0 bridgehead atoms. The van der Waals surface area contributed by atoms with Crippen LogP contribution >= 0.6 is 0 Å². The van der Waals surface area contributed by atoms with Crippen molar-refractivity contribution in [2.75, 3.05) is 0 Å². The van der Waals surface area contributed by atoms with Gasteiger partial charge < -0.3 is 4.57 Å². The molecule has 0 saturated carbocycles. The molecule has 2 heteroatoms. The summed E-state index contributed by atoms with van der Waals surface area (Å²) in [6, 6.07) is 0. The van der Waals surface area contributed by atoms with Gasteiger partial charge >= 0.3 is 0 Å². The molecule has 0 amide bonds. The third-order valence-corrected chi connectivity index (χ3v) is 3.01. The topological polar surface area (TPSA) is 17.8 Å². The van der Waals surface area contributed by atoms with Crippen molar-refractivity contribution in [3.8, 4) is 0 Å². The second-order valence-electron chi connectivity index (χ2n) is 4.15. The zero-order valence-corrected chi connectivity index (χ0v) is 12.3. The predicted molar refractivity (Wildman–Crippen MR) is 85.8 cm³/mol. The first-order valence-electron chi connectivity index (χ1n) is 6.98. The maximum absolute atomic E-state index is 4.51. The largest absolute Gasteiger partial charge is 0.300 e. The molecule has 0 saturated heterocycles. The molecule has 2 nitrogen and oxygen atoms in total. The van der Waals surface area contributed by atoms with Crippen molar-refractivity contribution in [2.24, 2.45) is 0 Å². The fourth-order valence-corrected chi connectivity index (χ4v) is 2.23. The molecule has 0 spiro atoms. The van der Waals surface area contributed by atoms with Gasteiger partial charge in [-0.1, -0.05) is 39.2 Å². The van der Waals surface area contributed by atoms with Crippen LogP contribution in [0.15, 0.2) is 31.4 Å². The smallest absolute Gasteiger partial charge is 0.111 e. The Morgan fingerprint density at radius 1 is 1.26 bits per heavy atom. The Hall–Kier alpha value is -1.83. The minimum Gasteiger partial charge on any atom is -0.300 e. The molecule has 0 unspecified atom stereocenters. The van der Waals surface area contributed by atoms with Gasteiger partial charge in [0.05, 0.1) is 11.4 Å². The van der Waals surface area contributed by atoms with Gasteiger partial charge in [-0.3, -0.25) is 0 Å². The number of rotatable bonds is 3. The van der Waals surface area contributed by atoms with Crippen molar-refractivity contribution < 1.29 is 0 Å². The van der Waals surface area contributed by atoms with Gasteiger partial charge in [0.15, 0.2) is 0 Å². The third kappa shape index (κ3) is 3.34. The van der Waals surface area contributed by atoms with Crippen LogP contribution in [0.3, 0.4) is 0 Å². The van der Waals surface area contributed by atoms with Crippen molar-refractivity contribution in [1.82, 2.24) is 9.55 Å². The first-order valence-corrected chi connectivity index (χ1v) is 6.98. The number of imidazole rings is 1. The summed E-state index contributed by atoms with van der Waals surface area (Å²) in [7, 11) is 0. The van der Waals surface area contributed by atoms with Gasteiger partial charge in [-0.15, -0.1) is 0 Å². The van der Waals surface area contributed by atoms with Crippen LogP contribution in [0.2, 0.25) is 0 Å². The maximum atomic E-state index is 4.51. The maximum Gasteiger partial charge on any atom is 0.111 e. The summed E-state index contributed by atoms with van der Waals surface area (Å²) in [4.78, 5) is 4.51. The normalized spacial score (nSPS) is 13.9. The van der Waals surface area contributed by atoms with E-state index in [4.69, 9.17) is 0 Å². The molecule has 102 valence electrons. The zero-order valence-electron chi connectivity index (χ0n) is 12.3. The average molecular weight is 256 g/mol. The lowest BCUT2D eigenvalue weighted by Gasteiger charge is -2.11. The van der Waals surface area contributed by atoms with E-state index in [1.165, 1.54) is 12.1 Å². The van der Waals surface area contributed by atoms with Crippen LogP contribution in [0.1, 0.15) is 50.3 Å². The molecule has 0 atom stereocenters. The van der Waals surface area contributed by atoms with E-state index in [-0.39, 0.29) is 0 Å². The Morgan fingerprint density at radius 3 is 2.63 bits per heavy atom. The van der Waals surface area contributed by atoms with Gasteiger partial charge in [0, 0.05) is 5.70 Å². The molecular weight excluding hydrogens is 232 g/mol. The standard InChI is InChI=1S/C15H18N2.C2H6/c1-4-14-15(5-2)17(12(3)16-14)13-10-8-6-7-9-11-13;1-2/h4-6,8,10H,1-2,7,9,11H2,3H3;1-2H3. The highest BCUT2D eigenvalue weighted by atomic mass is 15.1. The second kappa shape index (κ2) is 7.57. The number of hydrogen-bond donors (Lipinski definition) is 0. The van der Waals surface area contributed by atoms with Crippen LogP contribution in [0.4, 0.5) is 0 Å². The Kier molecular flexibility index (Phi) is 6.07. The van der Waals surface area contributed by atoms with Gasteiger partial charge in [-0.25, -0.2) is 4.98 Å². The lowest BCUT2D eigenvalue weighted by molar-refractivity contribution is 0.832. The Bertz CT molecular complexity index is 502. The molecule has 0 N–H and O–H groups in total. The number of aromatic nitrogens is 2. The van der Waals surface area contributed by atoms with Crippen LogP contribution < -0.4 is 0 Å². The number of aryl methyl sites for hydroxylation is 1. The van der Waals surface area contributed by atoms with E-state index in [9.17, 15) is 0 Å². The van der Waals surface area contributed by atoms with E-state index in [2.05, 4.69) is 40.9 Å². The summed E-state index contributed by atoms with van der Waals surface area (Å²) in [6.45, 7) is 13.7. The highest BCUT2D eigenvalue weighted by molar-refractivity contribution is 5.65. The van der Waals surface area contributed by atoms with Crippen LogP contribution in [0.25, 0.3) is 17.8 Å². The SMILES string of the molecule is C=Cc1nc(C)n(C2=CC=CCCC2)c1C=C.CC. The minimum absolute atomic E-state index is 0.909. The van der Waals surface area contributed by atoms with E-state index >= 15 is 0 Å². The van der Waals surface area contributed by atoms with E-state index in [1.807, 2.05) is 26.8 Å². The van der Waals surface area contributed by atoms with Crippen LogP contribution in [-0.2, 0) is 0 Å². The van der Waals surface area contributed by atoms with E-state index in [1.54, 1.807) is 6.08 Å². The molecule has 1 aliphatic rings. The Balaban J connectivity index is 0.000000861. The molecule has 1 aromatic rings. The van der Waals surface area contributed by atoms with Crippen molar-refractivity contribution in [2.45, 2.75) is 40.0 Å². The summed E-state index contributed by atoms with van der Waals surface area (Å²) < 4.78 is 2.18. The van der Waals surface area contributed by atoms with E-state index < -0.39 is 0 Å². The lowest BCUT2D eigenvalue weighted by atomic mass is 10.2. The molecule has 1 aromatic heterocycles. The minimum atomic E-state index is 0.909. The van der Waals surface area contributed by atoms with Crippen LogP contribution in [-0.4, -0.2) is 9.55 Å². The fourth-order valence-electron chi connectivity index (χ4n) is 2.23. The summed E-state index contributed by atoms with van der Waals surface area (Å²) in [6.07, 6.45) is 13.5. The predicted octanol–water partition coefficient (Wildman–Crippen LogP) is 5.08. The molecule has 1 aliphatic carbocycles. The quantitative estimate of drug-likeness (QED) is 0.737. The Labute approximate surface area is 116 Å². The van der Waals surface area contributed by atoms with Crippen molar-refractivity contribution in [3.05, 3.63) is 48.6 Å². The van der Waals surface area contributed by atoms with Gasteiger partial charge in [0.25, 0.3) is 0 Å².